The maximum absolute atomic E-state index is 11.8. The van der Waals surface area contributed by atoms with Gasteiger partial charge in [-0.1, -0.05) is 31.9 Å². The molecular weight excluding hydrogens is 270 g/mol. The topological polar surface area (TPSA) is 52.3 Å². The van der Waals surface area contributed by atoms with Crippen molar-refractivity contribution in [1.29, 1.82) is 0 Å². The number of hydrogen-bond donors (Lipinski definition) is 1. The van der Waals surface area contributed by atoms with Crippen LogP contribution in [0, 0.1) is 5.92 Å². The van der Waals surface area contributed by atoms with Crippen LogP contribution in [-0.4, -0.2) is 18.3 Å². The van der Waals surface area contributed by atoms with E-state index in [1.807, 2.05) is 23.9 Å². The van der Waals surface area contributed by atoms with Gasteiger partial charge in [-0.15, -0.1) is 0 Å². The van der Waals surface area contributed by atoms with Crippen LogP contribution in [0.15, 0.2) is 18.2 Å². The largest absolute Gasteiger partial charge is 0.465 e. The van der Waals surface area contributed by atoms with E-state index in [-0.39, 0.29) is 5.97 Å². The van der Waals surface area contributed by atoms with Crippen LogP contribution in [-0.2, 0) is 10.5 Å². The number of hydrogen-bond acceptors (Lipinski definition) is 4. The maximum Gasteiger partial charge on any atom is 0.340 e. The zero-order valence-electron chi connectivity index (χ0n) is 12.2. The zero-order valence-corrected chi connectivity index (χ0v) is 13.0. The number of ether oxygens (including phenoxy) is 1. The molecule has 1 aromatic rings. The van der Waals surface area contributed by atoms with Crippen LogP contribution in [0.3, 0.4) is 0 Å². The summed E-state index contributed by atoms with van der Waals surface area (Å²) in [6.07, 6.45) is 5.23. The van der Waals surface area contributed by atoms with Gasteiger partial charge < -0.3 is 10.5 Å². The average molecular weight is 293 g/mol. The molecular formula is C16H23NO2S. The molecule has 1 aliphatic rings. The molecule has 0 bridgehead atoms. The van der Waals surface area contributed by atoms with Crippen molar-refractivity contribution >= 4 is 23.4 Å². The van der Waals surface area contributed by atoms with Gasteiger partial charge in [0.05, 0.1) is 12.7 Å². The van der Waals surface area contributed by atoms with E-state index in [2.05, 4.69) is 6.92 Å². The number of carbonyl (C=O) groups is 1. The monoisotopic (exact) mass is 293 g/mol. The van der Waals surface area contributed by atoms with E-state index in [0.717, 1.165) is 17.2 Å². The van der Waals surface area contributed by atoms with Crippen LogP contribution in [0.25, 0.3) is 0 Å². The molecule has 0 spiro atoms. The second-order valence-electron chi connectivity index (χ2n) is 5.58. The van der Waals surface area contributed by atoms with Gasteiger partial charge in [0, 0.05) is 16.7 Å². The Hall–Kier alpha value is -1.16. The Labute approximate surface area is 125 Å². The van der Waals surface area contributed by atoms with Gasteiger partial charge in [-0.05, 0) is 30.4 Å². The smallest absolute Gasteiger partial charge is 0.340 e. The van der Waals surface area contributed by atoms with Crippen LogP contribution in [0.2, 0.25) is 0 Å². The minimum Gasteiger partial charge on any atom is -0.465 e. The Morgan fingerprint density at radius 3 is 2.95 bits per heavy atom. The van der Waals surface area contributed by atoms with Gasteiger partial charge in [0.15, 0.2) is 0 Å². The molecule has 2 N–H and O–H groups in total. The molecule has 2 atom stereocenters. The third-order valence-corrected chi connectivity index (χ3v) is 5.31. The molecule has 2 rings (SSSR count). The number of nitrogen functional groups attached to an aromatic ring is 1. The predicted octanol–water partition coefficient (Wildman–Crippen LogP) is 3.87. The lowest BCUT2D eigenvalue weighted by molar-refractivity contribution is 0.0601. The molecule has 110 valence electrons. The summed E-state index contributed by atoms with van der Waals surface area (Å²) in [6.45, 7) is 2.33. The highest BCUT2D eigenvalue weighted by Crippen LogP contribution is 2.34. The molecule has 0 saturated heterocycles. The maximum atomic E-state index is 11.8. The first-order valence-corrected chi connectivity index (χ1v) is 8.24. The summed E-state index contributed by atoms with van der Waals surface area (Å²) >= 11 is 1.94. The third kappa shape index (κ3) is 3.69. The zero-order chi connectivity index (χ0) is 14.5. The summed E-state index contributed by atoms with van der Waals surface area (Å²) in [7, 11) is 1.40. The molecule has 0 aliphatic heterocycles. The van der Waals surface area contributed by atoms with Crippen molar-refractivity contribution in [2.75, 3.05) is 12.8 Å². The first-order chi connectivity index (χ1) is 9.61. The fourth-order valence-corrected chi connectivity index (χ4v) is 4.28. The molecule has 0 radical (unpaired) electrons. The number of benzene rings is 1. The van der Waals surface area contributed by atoms with E-state index in [4.69, 9.17) is 10.5 Å². The number of nitrogens with two attached hydrogens (primary N) is 1. The van der Waals surface area contributed by atoms with E-state index in [0.29, 0.717) is 16.5 Å². The molecule has 1 aliphatic carbocycles. The third-order valence-electron chi connectivity index (χ3n) is 3.94. The predicted molar refractivity (Wildman–Crippen MR) is 84.9 cm³/mol. The van der Waals surface area contributed by atoms with Gasteiger partial charge in [-0.3, -0.25) is 0 Å². The fraction of sp³-hybridized carbons (Fsp3) is 0.562. The van der Waals surface area contributed by atoms with Gasteiger partial charge in [0.25, 0.3) is 0 Å². The minimum absolute atomic E-state index is 0.337. The number of esters is 1. The van der Waals surface area contributed by atoms with E-state index < -0.39 is 0 Å². The lowest BCUT2D eigenvalue weighted by Gasteiger charge is -2.26. The molecule has 0 heterocycles. The Kier molecular flexibility index (Phi) is 5.35. The normalized spacial score (nSPS) is 22.5. The van der Waals surface area contributed by atoms with Crippen LogP contribution in [0.5, 0.6) is 0 Å². The van der Waals surface area contributed by atoms with Crippen molar-refractivity contribution in [3.05, 3.63) is 29.3 Å². The Morgan fingerprint density at radius 1 is 1.45 bits per heavy atom. The van der Waals surface area contributed by atoms with Crippen molar-refractivity contribution in [1.82, 2.24) is 0 Å². The molecule has 2 unspecified atom stereocenters. The fourth-order valence-electron chi connectivity index (χ4n) is 2.83. The lowest BCUT2D eigenvalue weighted by atomic mass is 9.91. The highest BCUT2D eigenvalue weighted by atomic mass is 32.2. The SMILES string of the molecule is COC(=O)c1c(N)cccc1CSC1CCCC(C)C1. The van der Waals surface area contributed by atoms with Gasteiger partial charge >= 0.3 is 5.97 Å². The number of rotatable bonds is 4. The van der Waals surface area contributed by atoms with Crippen LogP contribution < -0.4 is 5.73 Å². The van der Waals surface area contributed by atoms with Crippen molar-refractivity contribution in [3.8, 4) is 0 Å². The van der Waals surface area contributed by atoms with Crippen LogP contribution in [0.1, 0.15) is 48.5 Å². The Bertz CT molecular complexity index is 476. The van der Waals surface area contributed by atoms with Gasteiger partial charge in [-0.2, -0.15) is 11.8 Å². The van der Waals surface area contributed by atoms with Crippen molar-refractivity contribution in [3.63, 3.8) is 0 Å². The average Bonchev–Trinajstić information content (AvgIpc) is 2.44. The molecule has 1 aromatic carbocycles. The van der Waals surface area contributed by atoms with Gasteiger partial charge in [0.2, 0.25) is 0 Å². The number of anilines is 1. The molecule has 0 amide bonds. The highest BCUT2D eigenvalue weighted by molar-refractivity contribution is 7.99. The minimum atomic E-state index is -0.337. The molecule has 1 fully saturated rings. The quantitative estimate of drug-likeness (QED) is 0.676. The van der Waals surface area contributed by atoms with Crippen molar-refractivity contribution in [2.24, 2.45) is 5.92 Å². The summed E-state index contributed by atoms with van der Waals surface area (Å²) in [5, 5.41) is 0.700. The van der Waals surface area contributed by atoms with E-state index in [1.165, 1.54) is 32.8 Å². The summed E-state index contributed by atoms with van der Waals surface area (Å²) in [5.41, 5.74) is 7.94. The lowest BCUT2D eigenvalue weighted by Crippen LogP contribution is -2.16. The van der Waals surface area contributed by atoms with Gasteiger partial charge in [0.1, 0.15) is 0 Å². The molecule has 3 nitrogen and oxygen atoms in total. The Morgan fingerprint density at radius 2 is 2.25 bits per heavy atom. The van der Waals surface area contributed by atoms with Gasteiger partial charge in [-0.25, -0.2) is 4.79 Å². The molecule has 20 heavy (non-hydrogen) atoms. The molecule has 0 aromatic heterocycles. The molecule has 4 heteroatoms. The number of carbonyl (C=O) groups excluding carboxylic acids is 1. The standard InChI is InChI=1S/C16H23NO2S/c1-11-5-3-7-13(9-11)20-10-12-6-4-8-14(17)15(12)16(18)19-2/h4,6,8,11,13H,3,5,7,9-10,17H2,1-2H3. The second-order valence-corrected chi connectivity index (χ2v) is 6.87. The summed E-state index contributed by atoms with van der Waals surface area (Å²) in [6, 6.07) is 5.63. The summed E-state index contributed by atoms with van der Waals surface area (Å²) in [5.74, 6) is 1.31. The summed E-state index contributed by atoms with van der Waals surface area (Å²) < 4.78 is 4.84. The number of thioether (sulfide) groups is 1. The Balaban J connectivity index is 2.05. The number of methoxy groups -OCH3 is 1. The van der Waals surface area contributed by atoms with E-state index >= 15 is 0 Å². The molecule has 1 saturated carbocycles. The first kappa shape index (κ1) is 15.2. The van der Waals surface area contributed by atoms with Crippen molar-refractivity contribution in [2.45, 2.75) is 43.6 Å². The second kappa shape index (κ2) is 7.02. The first-order valence-electron chi connectivity index (χ1n) is 7.19. The highest BCUT2D eigenvalue weighted by Gasteiger charge is 2.21. The van der Waals surface area contributed by atoms with Crippen LogP contribution in [0.4, 0.5) is 5.69 Å². The van der Waals surface area contributed by atoms with Crippen LogP contribution >= 0.6 is 11.8 Å². The van der Waals surface area contributed by atoms with E-state index in [9.17, 15) is 4.79 Å². The summed E-state index contributed by atoms with van der Waals surface area (Å²) in [4.78, 5) is 11.8. The van der Waals surface area contributed by atoms with E-state index in [1.54, 1.807) is 6.07 Å². The van der Waals surface area contributed by atoms with Crippen molar-refractivity contribution < 1.29 is 9.53 Å².